The number of amides is 3. The largest absolute Gasteiger partial charge is 0.477 e. The van der Waals surface area contributed by atoms with Crippen LogP contribution >= 0.6 is 0 Å². The second-order valence-electron chi connectivity index (χ2n) is 28.6. The quantitative estimate of drug-likeness (QED) is 0.0235. The maximum absolute atomic E-state index is 13.5. The normalized spacial score (nSPS) is 35.0. The van der Waals surface area contributed by atoms with Crippen molar-refractivity contribution in [3.05, 3.63) is 12.2 Å². The van der Waals surface area contributed by atoms with E-state index in [1.54, 1.807) is 6.08 Å². The molecule has 34 nitrogen and oxygen atoms in total. The first-order valence-corrected chi connectivity index (χ1v) is 38.1. The van der Waals surface area contributed by atoms with Gasteiger partial charge in [0.05, 0.1) is 63.9 Å². The Morgan fingerprint density at radius 2 is 0.943 bits per heavy atom. The zero-order valence-corrected chi connectivity index (χ0v) is 61.4. The van der Waals surface area contributed by atoms with Gasteiger partial charge in [-0.1, -0.05) is 167 Å². The van der Waals surface area contributed by atoms with E-state index in [1.165, 1.54) is 96.3 Å². The number of ether oxygens (including phenoxy) is 10. The Kier molecular flexibility index (Phi) is 42.5. The van der Waals surface area contributed by atoms with Gasteiger partial charge in [0.2, 0.25) is 17.7 Å². The summed E-state index contributed by atoms with van der Waals surface area (Å²) in [6, 6.07) is -4.63. The predicted molar refractivity (Wildman–Crippen MR) is 369 cm³/mol. The molecule has 0 aromatic heterocycles. The van der Waals surface area contributed by atoms with Crippen molar-refractivity contribution in [2.45, 2.75) is 372 Å². The number of allylic oxidation sites excluding steroid dienone is 1. The van der Waals surface area contributed by atoms with Gasteiger partial charge in [-0.05, 0) is 19.3 Å². The fourth-order valence-corrected chi connectivity index (χ4v) is 13.9. The second kappa shape index (κ2) is 48.4. The van der Waals surface area contributed by atoms with Gasteiger partial charge in [-0.25, -0.2) is 4.79 Å². The highest BCUT2D eigenvalue weighted by Crippen LogP contribution is 2.38. The average Bonchev–Trinajstić information content (AvgIpc) is 0.769. The summed E-state index contributed by atoms with van der Waals surface area (Å²) in [5.41, 5.74) is 0. The van der Waals surface area contributed by atoms with Crippen molar-refractivity contribution in [2.75, 3.05) is 39.6 Å². The molecule has 0 aromatic carbocycles. The van der Waals surface area contributed by atoms with Crippen molar-refractivity contribution in [3.8, 4) is 0 Å². The zero-order chi connectivity index (χ0) is 77.3. The molecule has 3 amide bonds. The van der Waals surface area contributed by atoms with Crippen molar-refractivity contribution in [3.63, 3.8) is 0 Å². The minimum Gasteiger partial charge on any atom is -0.477 e. The van der Waals surface area contributed by atoms with E-state index in [1.807, 2.05) is 6.08 Å². The molecule has 5 heterocycles. The van der Waals surface area contributed by atoms with Crippen LogP contribution in [0.1, 0.15) is 201 Å². The molecule has 0 spiro atoms. The summed E-state index contributed by atoms with van der Waals surface area (Å²) < 4.78 is 59.1. The molecule has 0 aromatic rings. The number of aliphatic hydroxyl groups excluding tert-OH is 16. The Hall–Kier alpha value is -3.42. The molecular formula is C71H127N3O31. The minimum absolute atomic E-state index is 0.168. The second-order valence-corrected chi connectivity index (χ2v) is 28.6. The number of carbonyl (C=O) groups excluding carboxylic acids is 3. The monoisotopic (exact) mass is 1520 g/mol. The lowest BCUT2D eigenvalue weighted by Gasteiger charge is -2.51. The highest BCUT2D eigenvalue weighted by Gasteiger charge is 2.60. The van der Waals surface area contributed by atoms with Crippen LogP contribution in [0, 0.1) is 0 Å². The first kappa shape index (κ1) is 92.2. The van der Waals surface area contributed by atoms with Crippen molar-refractivity contribution < 1.29 is 153 Å². The number of hydrogen-bond acceptors (Lipinski definition) is 30. The van der Waals surface area contributed by atoms with Crippen LogP contribution in [0.4, 0.5) is 0 Å². The molecule has 5 rings (SSSR count). The maximum Gasteiger partial charge on any atom is 0.364 e. The van der Waals surface area contributed by atoms with E-state index >= 15 is 0 Å². The van der Waals surface area contributed by atoms with Crippen molar-refractivity contribution >= 4 is 23.7 Å². The summed E-state index contributed by atoms with van der Waals surface area (Å²) in [6.45, 7) is 0.565. The van der Waals surface area contributed by atoms with E-state index < -0.39 is 235 Å². The molecule has 105 heavy (non-hydrogen) atoms. The number of nitrogens with one attached hydrogen (secondary N) is 3. The van der Waals surface area contributed by atoms with Gasteiger partial charge in [-0.15, -0.1) is 0 Å². The first-order chi connectivity index (χ1) is 50.2. The van der Waals surface area contributed by atoms with Gasteiger partial charge < -0.3 is 150 Å². The molecule has 612 valence electrons. The molecular weight excluding hydrogens is 1390 g/mol. The van der Waals surface area contributed by atoms with E-state index in [9.17, 15) is 106 Å². The van der Waals surface area contributed by atoms with Crippen LogP contribution in [0.15, 0.2) is 12.2 Å². The Bertz CT molecular complexity index is 2460. The Labute approximate surface area is 614 Å². The summed E-state index contributed by atoms with van der Waals surface area (Å²) >= 11 is 0. The molecule has 5 aliphatic rings. The molecule has 5 fully saturated rings. The number of carbonyl (C=O) groups is 4. The van der Waals surface area contributed by atoms with Gasteiger partial charge in [0.15, 0.2) is 25.2 Å². The fourth-order valence-electron chi connectivity index (χ4n) is 13.9. The molecule has 0 bridgehead atoms. The van der Waals surface area contributed by atoms with Gasteiger partial charge in [-0.3, -0.25) is 14.4 Å². The van der Waals surface area contributed by atoms with Gasteiger partial charge in [0, 0.05) is 26.7 Å². The van der Waals surface area contributed by atoms with Crippen LogP contribution in [0.3, 0.4) is 0 Å². The molecule has 34 heteroatoms. The fraction of sp³-hybridized carbons (Fsp3) is 0.915. The number of aliphatic hydroxyl groups is 16. The Morgan fingerprint density at radius 3 is 1.44 bits per heavy atom. The van der Waals surface area contributed by atoms with Crippen molar-refractivity contribution in [1.82, 2.24) is 16.0 Å². The lowest BCUT2D eigenvalue weighted by molar-refractivity contribution is -0.383. The van der Waals surface area contributed by atoms with Crippen LogP contribution in [0.25, 0.3) is 0 Å². The highest BCUT2D eigenvalue weighted by molar-refractivity contribution is 5.77. The average molecular weight is 1520 g/mol. The van der Waals surface area contributed by atoms with E-state index in [0.29, 0.717) is 12.8 Å². The van der Waals surface area contributed by atoms with Gasteiger partial charge in [-0.2, -0.15) is 0 Å². The Morgan fingerprint density at radius 1 is 0.505 bits per heavy atom. The zero-order valence-electron chi connectivity index (χ0n) is 61.4. The molecule has 5 saturated heterocycles. The maximum atomic E-state index is 13.5. The first-order valence-electron chi connectivity index (χ1n) is 38.1. The summed E-state index contributed by atoms with van der Waals surface area (Å²) in [7, 11) is 0. The standard InChI is InChI=1S/C71H127N3O31/c1-5-7-9-11-13-15-17-19-21-23-25-27-29-31-43(81)42(74-50(84)32-30-28-26-24-22-20-18-16-14-12-10-8-6-2)38-96-67-60(92)57(89)63(47(36-77)99-67)103-69-61(93)58(90)62(48(37-78)100-69)102-66-52(73-41(4)80)64(104-68-59(91)56(88)54(86)46(35-76)98-68)55(87)49(101-66)39-97-71(70(94)95)33-44(82)51(72-40(3)79)65(105-71)53(85)45(83)34-75/h29,31,42-49,51-69,75-78,81-83,85-93H,5-28,30,32-39H2,1-4H3,(H,72,79)(H,73,80)(H,74,84)(H,94,95)/b31-29+/t42-,43+,44?,45+,46?,47?,48?,49?,51+,52?,53+,54-,55-,56-,57+,58+,59?,60?,61?,62-,63+,64+,65?,66-,67+,68-,69-,71+/m0/s1. The highest BCUT2D eigenvalue weighted by atomic mass is 16.8. The smallest absolute Gasteiger partial charge is 0.364 e. The number of unbranched alkanes of at least 4 members (excludes halogenated alkanes) is 23. The van der Waals surface area contributed by atoms with Gasteiger partial charge >= 0.3 is 5.97 Å². The summed E-state index contributed by atoms with van der Waals surface area (Å²) in [4.78, 5) is 52.0. The van der Waals surface area contributed by atoms with E-state index in [-0.39, 0.29) is 12.3 Å². The summed E-state index contributed by atoms with van der Waals surface area (Å²) in [5.74, 6) is -7.18. The summed E-state index contributed by atoms with van der Waals surface area (Å²) in [6.07, 6.45) is -17.2. The third-order valence-electron chi connectivity index (χ3n) is 20.1. The van der Waals surface area contributed by atoms with E-state index in [2.05, 4.69) is 29.8 Å². The van der Waals surface area contributed by atoms with Crippen LogP contribution in [-0.4, -0.2) is 321 Å². The molecule has 5 aliphatic heterocycles. The predicted octanol–water partition coefficient (Wildman–Crippen LogP) is -1.82. The van der Waals surface area contributed by atoms with E-state index in [4.69, 9.17) is 47.4 Å². The third kappa shape index (κ3) is 28.4. The third-order valence-corrected chi connectivity index (χ3v) is 20.1. The van der Waals surface area contributed by atoms with Crippen LogP contribution < -0.4 is 16.0 Å². The van der Waals surface area contributed by atoms with Crippen molar-refractivity contribution in [2.24, 2.45) is 0 Å². The lowest BCUT2D eigenvalue weighted by atomic mass is 9.88. The number of carboxylic acids is 1. The van der Waals surface area contributed by atoms with Gasteiger partial charge in [0.25, 0.3) is 5.79 Å². The molecule has 0 radical (unpaired) electrons. The molecule has 10 unspecified atom stereocenters. The molecule has 0 aliphatic carbocycles. The molecule has 20 N–H and O–H groups in total. The Balaban J connectivity index is 1.31. The number of hydrogen-bond donors (Lipinski definition) is 20. The van der Waals surface area contributed by atoms with Crippen LogP contribution in [-0.2, 0) is 66.5 Å². The topological polar surface area (TPSA) is 541 Å². The molecule has 0 saturated carbocycles. The lowest BCUT2D eigenvalue weighted by Crippen LogP contribution is -2.71. The van der Waals surface area contributed by atoms with Crippen LogP contribution in [0.5, 0.6) is 0 Å². The SMILES string of the molecule is CCCCCCCCCCCCC/C=C/[C@@H](O)[C@H](CO[C@@H]1OC(CO)[C@@H](O[C@@H]2OC(CO)[C@H](O[C@@H]3OC(CO[C@]4(C(=O)O)CC(O)[C@@H](NC(C)=O)C([C@H](O)[C@H](O)CO)O4)[C@H](O)[C@H](O[C@@H]4OC(CO)[C@H](O)[C@H](O)C4O)C3NC(C)=O)[C@H](O)C2O)[C@H](O)C1O)NC(=O)CCCCCCCCCCCCCCC. The number of rotatable bonds is 50. The summed E-state index contributed by atoms with van der Waals surface area (Å²) in [5, 5.41) is 195. The number of aliphatic carboxylic acids is 1. The minimum atomic E-state index is -3.08. The van der Waals surface area contributed by atoms with Crippen LogP contribution in [0.2, 0.25) is 0 Å². The molecule has 28 atom stereocenters. The van der Waals surface area contributed by atoms with Gasteiger partial charge in [0.1, 0.15) is 116 Å². The van der Waals surface area contributed by atoms with Crippen molar-refractivity contribution in [1.29, 1.82) is 0 Å². The van der Waals surface area contributed by atoms with E-state index in [0.717, 1.165) is 65.2 Å². The number of carboxylic acid groups (broad SMARTS) is 1.